The minimum absolute atomic E-state index is 0.127. The van der Waals surface area contributed by atoms with Gasteiger partial charge in [0.1, 0.15) is 5.71 Å². The number of hydrazone groups is 2. The third kappa shape index (κ3) is 3.03. The molecule has 104 valence electrons. The Hall–Kier alpha value is -2.21. The van der Waals surface area contributed by atoms with E-state index in [4.69, 9.17) is 11.6 Å². The molecule has 0 aliphatic carbocycles. The molecule has 0 fully saturated rings. The lowest BCUT2D eigenvalue weighted by atomic mass is 10.1. The monoisotopic (exact) mass is 292 g/mol. The lowest BCUT2D eigenvalue weighted by molar-refractivity contribution is -0.122. The van der Waals surface area contributed by atoms with Crippen LogP contribution in [0.25, 0.3) is 0 Å². The first kappa shape index (κ1) is 14.2. The SMILES string of the molecule is CC(=NNC(=O)C1=NNC(=O)C1C)c1ccc(Cl)cc1. The van der Waals surface area contributed by atoms with Gasteiger partial charge in [-0.15, -0.1) is 0 Å². The minimum Gasteiger partial charge on any atom is -0.272 e. The first-order chi connectivity index (χ1) is 9.49. The molecule has 2 amide bonds. The topological polar surface area (TPSA) is 82.9 Å². The van der Waals surface area contributed by atoms with Crippen LogP contribution in [0.4, 0.5) is 0 Å². The van der Waals surface area contributed by atoms with Crippen molar-refractivity contribution in [1.82, 2.24) is 10.9 Å². The van der Waals surface area contributed by atoms with Crippen LogP contribution in [0.2, 0.25) is 5.02 Å². The maximum absolute atomic E-state index is 11.8. The zero-order valence-electron chi connectivity index (χ0n) is 11.0. The van der Waals surface area contributed by atoms with Gasteiger partial charge in [0.2, 0.25) is 5.91 Å². The Labute approximate surface area is 120 Å². The van der Waals surface area contributed by atoms with Crippen LogP contribution in [-0.4, -0.2) is 23.2 Å². The van der Waals surface area contributed by atoms with Gasteiger partial charge in [-0.2, -0.15) is 10.2 Å². The van der Waals surface area contributed by atoms with E-state index in [0.29, 0.717) is 10.7 Å². The molecule has 2 N–H and O–H groups in total. The molecule has 20 heavy (non-hydrogen) atoms. The smallest absolute Gasteiger partial charge is 0.272 e. The molecule has 1 aromatic carbocycles. The maximum atomic E-state index is 11.8. The van der Waals surface area contributed by atoms with Gasteiger partial charge >= 0.3 is 0 Å². The van der Waals surface area contributed by atoms with Crippen molar-refractivity contribution < 1.29 is 9.59 Å². The molecule has 0 spiro atoms. The fourth-order valence-corrected chi connectivity index (χ4v) is 1.75. The lowest BCUT2D eigenvalue weighted by Crippen LogP contribution is -2.32. The maximum Gasteiger partial charge on any atom is 0.288 e. The van der Waals surface area contributed by atoms with Crippen molar-refractivity contribution in [2.45, 2.75) is 13.8 Å². The highest BCUT2D eigenvalue weighted by atomic mass is 35.5. The number of halogens is 1. The van der Waals surface area contributed by atoms with E-state index in [1.807, 2.05) is 0 Å². The Kier molecular flexibility index (Phi) is 4.14. The molecule has 1 aliphatic rings. The molecule has 0 aromatic heterocycles. The second-order valence-corrected chi connectivity index (χ2v) is 4.78. The van der Waals surface area contributed by atoms with Crippen molar-refractivity contribution in [1.29, 1.82) is 0 Å². The average molecular weight is 293 g/mol. The summed E-state index contributed by atoms with van der Waals surface area (Å²) in [6.07, 6.45) is 0. The average Bonchev–Trinajstić information content (AvgIpc) is 2.77. The number of carbonyl (C=O) groups excluding carboxylic acids is 2. The van der Waals surface area contributed by atoms with Crippen molar-refractivity contribution in [3.8, 4) is 0 Å². The molecule has 0 radical (unpaired) electrons. The fourth-order valence-electron chi connectivity index (χ4n) is 1.63. The molecular formula is C13H13ClN4O2. The number of benzene rings is 1. The van der Waals surface area contributed by atoms with E-state index in [2.05, 4.69) is 21.1 Å². The molecule has 7 heteroatoms. The minimum atomic E-state index is -0.568. The van der Waals surface area contributed by atoms with E-state index in [1.165, 1.54) is 0 Å². The summed E-state index contributed by atoms with van der Waals surface area (Å²) in [5.74, 6) is -1.36. The molecule has 6 nitrogen and oxygen atoms in total. The highest BCUT2D eigenvalue weighted by Crippen LogP contribution is 2.10. The summed E-state index contributed by atoms with van der Waals surface area (Å²) >= 11 is 5.80. The molecular weight excluding hydrogens is 280 g/mol. The number of amides is 2. The second kappa shape index (κ2) is 5.83. The summed E-state index contributed by atoms with van der Waals surface area (Å²) in [7, 11) is 0. The van der Waals surface area contributed by atoms with E-state index in [-0.39, 0.29) is 11.6 Å². The summed E-state index contributed by atoms with van der Waals surface area (Å²) in [6.45, 7) is 3.36. The molecule has 1 aliphatic heterocycles. The summed E-state index contributed by atoms with van der Waals surface area (Å²) in [6, 6.07) is 7.08. The summed E-state index contributed by atoms with van der Waals surface area (Å²) in [5, 5.41) is 8.29. The zero-order chi connectivity index (χ0) is 14.7. The third-order valence-electron chi connectivity index (χ3n) is 2.91. The molecule has 1 aromatic rings. The van der Waals surface area contributed by atoms with Gasteiger partial charge in [-0.25, -0.2) is 10.9 Å². The Morgan fingerprint density at radius 3 is 2.60 bits per heavy atom. The molecule has 0 bridgehead atoms. The standard InChI is InChI=1S/C13H13ClN4O2/c1-7-11(16-17-12(7)19)13(20)18-15-8(2)9-3-5-10(14)6-4-9/h3-7H,1-2H3,(H,17,19)(H,18,20). The van der Waals surface area contributed by atoms with E-state index >= 15 is 0 Å². The van der Waals surface area contributed by atoms with Gasteiger partial charge in [0.05, 0.1) is 11.6 Å². The Bertz CT molecular complexity index is 607. The first-order valence-electron chi connectivity index (χ1n) is 5.97. The van der Waals surface area contributed by atoms with Crippen molar-refractivity contribution in [3.63, 3.8) is 0 Å². The van der Waals surface area contributed by atoms with Gasteiger partial charge in [-0.3, -0.25) is 9.59 Å². The quantitative estimate of drug-likeness (QED) is 0.650. The van der Waals surface area contributed by atoms with E-state index in [0.717, 1.165) is 5.56 Å². The number of hydrogen-bond acceptors (Lipinski definition) is 4. The molecule has 0 saturated carbocycles. The highest BCUT2D eigenvalue weighted by Gasteiger charge is 2.30. The summed E-state index contributed by atoms with van der Waals surface area (Å²) in [5.41, 5.74) is 6.22. The molecule has 1 heterocycles. The Balaban J connectivity index is 2.04. The van der Waals surface area contributed by atoms with Crippen LogP contribution in [-0.2, 0) is 9.59 Å². The number of nitrogens with zero attached hydrogens (tertiary/aromatic N) is 2. The van der Waals surface area contributed by atoms with E-state index in [1.54, 1.807) is 38.1 Å². The Morgan fingerprint density at radius 1 is 1.40 bits per heavy atom. The molecule has 2 rings (SSSR count). The number of hydrogen-bond donors (Lipinski definition) is 2. The van der Waals surface area contributed by atoms with Crippen LogP contribution in [0.3, 0.4) is 0 Å². The molecule has 0 saturated heterocycles. The van der Waals surface area contributed by atoms with Crippen LogP contribution >= 0.6 is 11.6 Å². The van der Waals surface area contributed by atoms with Crippen LogP contribution in [0, 0.1) is 5.92 Å². The van der Waals surface area contributed by atoms with Crippen molar-refractivity contribution in [3.05, 3.63) is 34.9 Å². The summed E-state index contributed by atoms with van der Waals surface area (Å²) < 4.78 is 0. The van der Waals surface area contributed by atoms with E-state index < -0.39 is 11.8 Å². The van der Waals surface area contributed by atoms with Gasteiger partial charge < -0.3 is 0 Å². The number of carbonyl (C=O) groups is 2. The highest BCUT2D eigenvalue weighted by molar-refractivity contribution is 6.44. The fraction of sp³-hybridized carbons (Fsp3) is 0.231. The van der Waals surface area contributed by atoms with Crippen molar-refractivity contribution in [2.24, 2.45) is 16.1 Å². The van der Waals surface area contributed by atoms with Gasteiger partial charge in [-0.1, -0.05) is 23.7 Å². The lowest BCUT2D eigenvalue weighted by Gasteiger charge is -2.04. The van der Waals surface area contributed by atoms with Crippen LogP contribution in [0.1, 0.15) is 19.4 Å². The zero-order valence-corrected chi connectivity index (χ0v) is 11.7. The predicted molar refractivity (Wildman–Crippen MR) is 76.5 cm³/mol. The van der Waals surface area contributed by atoms with Crippen LogP contribution in [0.5, 0.6) is 0 Å². The second-order valence-electron chi connectivity index (χ2n) is 4.34. The predicted octanol–water partition coefficient (Wildman–Crippen LogP) is 1.30. The molecule has 1 atom stereocenters. The largest absolute Gasteiger partial charge is 0.288 e. The first-order valence-corrected chi connectivity index (χ1v) is 6.35. The van der Waals surface area contributed by atoms with Crippen LogP contribution in [0.15, 0.2) is 34.5 Å². The Morgan fingerprint density at radius 2 is 2.05 bits per heavy atom. The number of nitrogens with one attached hydrogen (secondary N) is 2. The van der Waals surface area contributed by atoms with Crippen molar-refractivity contribution >= 4 is 34.8 Å². The normalized spacial score (nSPS) is 18.6. The molecule has 1 unspecified atom stereocenters. The van der Waals surface area contributed by atoms with Gasteiger partial charge in [0, 0.05) is 5.02 Å². The van der Waals surface area contributed by atoms with E-state index in [9.17, 15) is 9.59 Å². The third-order valence-corrected chi connectivity index (χ3v) is 3.16. The van der Waals surface area contributed by atoms with Crippen molar-refractivity contribution in [2.75, 3.05) is 0 Å². The summed E-state index contributed by atoms with van der Waals surface area (Å²) in [4.78, 5) is 23.1. The van der Waals surface area contributed by atoms with Gasteiger partial charge in [0.25, 0.3) is 5.91 Å². The van der Waals surface area contributed by atoms with Gasteiger partial charge in [0.15, 0.2) is 0 Å². The number of rotatable bonds is 3. The van der Waals surface area contributed by atoms with Gasteiger partial charge in [-0.05, 0) is 31.5 Å². The van der Waals surface area contributed by atoms with Crippen LogP contribution < -0.4 is 10.9 Å².